The van der Waals surface area contributed by atoms with Crippen molar-refractivity contribution < 1.29 is 28.5 Å². The molecule has 0 bridgehead atoms. The highest BCUT2D eigenvalue weighted by atomic mass is 16.8. The molecule has 2 aromatic rings. The van der Waals surface area contributed by atoms with Crippen molar-refractivity contribution in [1.29, 1.82) is 0 Å². The number of rotatable bonds is 4. The number of aromatic amines is 1. The van der Waals surface area contributed by atoms with E-state index >= 15 is 0 Å². The Morgan fingerprint density at radius 3 is 2.75 bits per heavy atom. The van der Waals surface area contributed by atoms with E-state index in [-0.39, 0.29) is 5.52 Å². The molecule has 4 rings (SSSR count). The standard InChI is InChI=1S/C16H19N5O7/c1-6(22)25-11(13(17)23)9-10-12(28-16(2,3)27-10)15(26-9)21-5-18-8-7(21)4-19-20-14(8)24/h4-5,9-12,15H,1-3H3,(H2,17,23)(H,20,24)/t9-,10+,11+,12+,15+/m0/s1. The zero-order valence-electron chi connectivity index (χ0n) is 15.3. The van der Waals surface area contributed by atoms with E-state index in [1.807, 2.05) is 0 Å². The average molecular weight is 393 g/mol. The first kappa shape index (κ1) is 18.5. The molecule has 2 fully saturated rings. The predicted molar refractivity (Wildman–Crippen MR) is 90.6 cm³/mol. The molecule has 5 atom stereocenters. The molecule has 0 aromatic carbocycles. The van der Waals surface area contributed by atoms with Crippen LogP contribution in [0.25, 0.3) is 11.0 Å². The highest BCUT2D eigenvalue weighted by Gasteiger charge is 2.59. The normalized spacial score (nSPS) is 29.5. The molecule has 0 aliphatic carbocycles. The number of carbonyl (C=O) groups excluding carboxylic acids is 2. The number of hydrogen-bond donors (Lipinski definition) is 2. The fraction of sp³-hybridized carbons (Fsp3) is 0.562. The van der Waals surface area contributed by atoms with Crippen molar-refractivity contribution >= 4 is 22.9 Å². The van der Waals surface area contributed by atoms with Gasteiger partial charge in [-0.2, -0.15) is 5.10 Å². The topological polar surface area (TPSA) is 161 Å². The molecule has 2 aliphatic rings. The van der Waals surface area contributed by atoms with Crippen LogP contribution in [0.3, 0.4) is 0 Å². The maximum absolute atomic E-state index is 11.9. The highest BCUT2D eigenvalue weighted by molar-refractivity contribution is 5.82. The molecule has 150 valence electrons. The minimum absolute atomic E-state index is 0.170. The summed E-state index contributed by atoms with van der Waals surface area (Å²) >= 11 is 0. The summed E-state index contributed by atoms with van der Waals surface area (Å²) in [5, 5.41) is 6.09. The number of nitrogens with zero attached hydrogens (tertiary/aromatic N) is 3. The molecule has 0 radical (unpaired) electrons. The summed E-state index contributed by atoms with van der Waals surface area (Å²) in [5.74, 6) is -2.53. The first-order valence-corrected chi connectivity index (χ1v) is 8.56. The average Bonchev–Trinajstić information content (AvgIpc) is 3.24. The van der Waals surface area contributed by atoms with Gasteiger partial charge in [0.15, 0.2) is 17.5 Å². The molecular weight excluding hydrogens is 374 g/mol. The fourth-order valence-corrected chi connectivity index (χ4v) is 3.62. The number of fused-ring (bicyclic) bond motifs is 2. The number of carbonyl (C=O) groups is 2. The molecule has 12 nitrogen and oxygen atoms in total. The van der Waals surface area contributed by atoms with Crippen molar-refractivity contribution in [3.8, 4) is 0 Å². The van der Waals surface area contributed by atoms with Crippen LogP contribution < -0.4 is 11.3 Å². The van der Waals surface area contributed by atoms with E-state index in [9.17, 15) is 14.4 Å². The van der Waals surface area contributed by atoms with Crippen molar-refractivity contribution in [2.45, 2.75) is 57.2 Å². The Morgan fingerprint density at radius 2 is 2.07 bits per heavy atom. The van der Waals surface area contributed by atoms with Crippen LogP contribution in [0.5, 0.6) is 0 Å². The second kappa shape index (κ2) is 6.36. The summed E-state index contributed by atoms with van der Waals surface area (Å²) in [6, 6.07) is 0. The van der Waals surface area contributed by atoms with Crippen LogP contribution in [0.2, 0.25) is 0 Å². The molecule has 2 aliphatic heterocycles. The molecule has 2 aromatic heterocycles. The molecule has 0 saturated carbocycles. The number of ether oxygens (including phenoxy) is 4. The summed E-state index contributed by atoms with van der Waals surface area (Å²) in [4.78, 5) is 39.4. The van der Waals surface area contributed by atoms with Gasteiger partial charge in [0.1, 0.15) is 18.3 Å². The van der Waals surface area contributed by atoms with Crippen LogP contribution in [0, 0.1) is 0 Å². The van der Waals surface area contributed by atoms with E-state index < -0.39 is 53.9 Å². The van der Waals surface area contributed by atoms with Crippen molar-refractivity contribution in [1.82, 2.24) is 19.7 Å². The Morgan fingerprint density at radius 1 is 1.36 bits per heavy atom. The maximum atomic E-state index is 11.9. The quantitative estimate of drug-likeness (QED) is 0.618. The van der Waals surface area contributed by atoms with E-state index in [1.54, 1.807) is 18.4 Å². The van der Waals surface area contributed by atoms with E-state index in [1.165, 1.54) is 12.5 Å². The van der Waals surface area contributed by atoms with Crippen LogP contribution in [0.1, 0.15) is 27.0 Å². The van der Waals surface area contributed by atoms with Gasteiger partial charge >= 0.3 is 5.97 Å². The summed E-state index contributed by atoms with van der Waals surface area (Å²) < 4.78 is 24.5. The van der Waals surface area contributed by atoms with Crippen molar-refractivity contribution in [3.63, 3.8) is 0 Å². The van der Waals surface area contributed by atoms with E-state index in [0.717, 1.165) is 6.92 Å². The molecule has 28 heavy (non-hydrogen) atoms. The molecule has 3 N–H and O–H groups in total. The van der Waals surface area contributed by atoms with Gasteiger partial charge in [-0.1, -0.05) is 0 Å². The number of H-pyrrole nitrogens is 1. The monoisotopic (exact) mass is 393 g/mol. The Labute approximate surface area is 157 Å². The van der Waals surface area contributed by atoms with E-state index in [4.69, 9.17) is 24.7 Å². The molecular formula is C16H19N5O7. The van der Waals surface area contributed by atoms with Crippen molar-refractivity contribution in [2.75, 3.05) is 0 Å². The lowest BCUT2D eigenvalue weighted by Gasteiger charge is -2.27. The Bertz CT molecular complexity index is 999. The molecule has 0 spiro atoms. The van der Waals surface area contributed by atoms with Gasteiger partial charge in [-0.05, 0) is 13.8 Å². The van der Waals surface area contributed by atoms with Gasteiger partial charge < -0.3 is 24.7 Å². The minimum atomic E-state index is -1.37. The second-order valence-corrected chi connectivity index (χ2v) is 7.07. The Balaban J connectivity index is 1.76. The SMILES string of the molecule is CC(=O)O[C@@H](C(N)=O)[C@H]1O[C@@H](n2cnc3c(=O)[nH]ncc32)[C@@H]2OC(C)(C)O[C@@H]21. The third kappa shape index (κ3) is 2.95. The van der Waals surface area contributed by atoms with Gasteiger partial charge in [-0.3, -0.25) is 19.0 Å². The molecule has 1 amide bonds. The number of imidazole rings is 1. The van der Waals surface area contributed by atoms with Gasteiger partial charge in [0.05, 0.1) is 18.0 Å². The predicted octanol–water partition coefficient (Wildman–Crippen LogP) is -1.05. The van der Waals surface area contributed by atoms with E-state index in [2.05, 4.69) is 15.2 Å². The summed E-state index contributed by atoms with van der Waals surface area (Å²) in [5.41, 5.74) is 5.54. The third-order valence-electron chi connectivity index (χ3n) is 4.61. The molecule has 2 saturated heterocycles. The van der Waals surface area contributed by atoms with Crippen LogP contribution in [-0.2, 0) is 28.5 Å². The number of amides is 1. The number of esters is 1. The summed E-state index contributed by atoms with van der Waals surface area (Å²) in [6.45, 7) is 4.59. The van der Waals surface area contributed by atoms with Crippen LogP contribution in [0.4, 0.5) is 0 Å². The Kier molecular flexibility index (Phi) is 4.21. The first-order chi connectivity index (χ1) is 13.2. The van der Waals surface area contributed by atoms with Gasteiger partial charge in [0, 0.05) is 6.92 Å². The van der Waals surface area contributed by atoms with Crippen LogP contribution in [-0.4, -0.2) is 61.8 Å². The summed E-state index contributed by atoms with van der Waals surface area (Å²) in [6.07, 6.45) is -1.78. The lowest BCUT2D eigenvalue weighted by Crippen LogP contribution is -2.48. The van der Waals surface area contributed by atoms with Gasteiger partial charge in [-0.25, -0.2) is 10.1 Å². The van der Waals surface area contributed by atoms with Gasteiger partial charge in [-0.15, -0.1) is 0 Å². The van der Waals surface area contributed by atoms with Crippen LogP contribution >= 0.6 is 0 Å². The van der Waals surface area contributed by atoms with E-state index in [0.29, 0.717) is 5.52 Å². The largest absolute Gasteiger partial charge is 0.449 e. The van der Waals surface area contributed by atoms with Crippen molar-refractivity contribution in [2.24, 2.45) is 5.73 Å². The molecule has 12 heteroatoms. The van der Waals surface area contributed by atoms with Gasteiger partial charge in [0.25, 0.3) is 11.5 Å². The highest BCUT2D eigenvalue weighted by Crippen LogP contribution is 2.44. The molecule has 0 unspecified atom stereocenters. The van der Waals surface area contributed by atoms with Gasteiger partial charge in [0.2, 0.25) is 6.10 Å². The number of primary amides is 1. The number of nitrogens with two attached hydrogens (primary N) is 1. The minimum Gasteiger partial charge on any atom is -0.449 e. The second-order valence-electron chi connectivity index (χ2n) is 7.07. The van der Waals surface area contributed by atoms with Crippen LogP contribution in [0.15, 0.2) is 17.3 Å². The zero-order valence-corrected chi connectivity index (χ0v) is 15.3. The smallest absolute Gasteiger partial charge is 0.303 e. The summed E-state index contributed by atoms with van der Waals surface area (Å²) in [7, 11) is 0. The zero-order chi connectivity index (χ0) is 20.2. The number of aromatic nitrogens is 4. The number of hydrogen-bond acceptors (Lipinski definition) is 9. The maximum Gasteiger partial charge on any atom is 0.303 e. The lowest BCUT2D eigenvalue weighted by molar-refractivity contribution is -0.210. The Hall–Kier alpha value is -2.83. The first-order valence-electron chi connectivity index (χ1n) is 8.56. The fourth-order valence-electron chi connectivity index (χ4n) is 3.62. The number of nitrogens with one attached hydrogen (secondary N) is 1. The lowest BCUT2D eigenvalue weighted by atomic mass is 10.0. The molecule has 4 heterocycles. The third-order valence-corrected chi connectivity index (χ3v) is 4.61. The van der Waals surface area contributed by atoms with Crippen molar-refractivity contribution in [3.05, 3.63) is 22.9 Å².